The van der Waals surface area contributed by atoms with E-state index in [1.165, 1.54) is 5.01 Å². The van der Waals surface area contributed by atoms with E-state index < -0.39 is 0 Å². The summed E-state index contributed by atoms with van der Waals surface area (Å²) < 4.78 is 0. The van der Waals surface area contributed by atoms with Crippen molar-refractivity contribution in [3.63, 3.8) is 0 Å². The zero-order chi connectivity index (χ0) is 12.4. The maximum atomic E-state index is 11.7. The molecule has 90 valence electrons. The van der Waals surface area contributed by atoms with Gasteiger partial charge in [0.1, 0.15) is 5.75 Å². The molecule has 0 radical (unpaired) electrons. The second kappa shape index (κ2) is 4.87. The first kappa shape index (κ1) is 12.1. The largest absolute Gasteiger partial charge is 0.508 e. The van der Waals surface area contributed by atoms with Crippen molar-refractivity contribution in [2.24, 2.45) is 5.10 Å². The zero-order valence-electron chi connectivity index (χ0n) is 9.43. The molecule has 17 heavy (non-hydrogen) atoms. The number of hydrogen-bond donors (Lipinski definition) is 1. The quantitative estimate of drug-likeness (QED) is 0.852. The van der Waals surface area contributed by atoms with Gasteiger partial charge in [-0.3, -0.25) is 4.79 Å². The van der Waals surface area contributed by atoms with Crippen molar-refractivity contribution in [3.8, 4) is 5.75 Å². The van der Waals surface area contributed by atoms with E-state index in [1.54, 1.807) is 12.1 Å². The molecule has 1 amide bonds. The number of alkyl halides is 1. The highest BCUT2D eigenvalue weighted by Gasteiger charge is 2.31. The van der Waals surface area contributed by atoms with Gasteiger partial charge in [0.25, 0.3) is 5.91 Å². The number of carbonyl (C=O) groups is 1. The molecule has 1 N–H and O–H groups in total. The number of phenols is 1. The predicted octanol–water partition coefficient (Wildman–Crippen LogP) is 2.44. The summed E-state index contributed by atoms with van der Waals surface area (Å²) in [7, 11) is 0. The summed E-state index contributed by atoms with van der Waals surface area (Å²) in [6.45, 7) is 1.88. The lowest BCUT2D eigenvalue weighted by Gasteiger charge is -2.21. The van der Waals surface area contributed by atoms with Gasteiger partial charge in [-0.2, -0.15) is 5.10 Å². The van der Waals surface area contributed by atoms with Gasteiger partial charge in [0.05, 0.1) is 11.4 Å². The smallest absolute Gasteiger partial charge is 0.253 e. The van der Waals surface area contributed by atoms with Crippen LogP contribution < -0.4 is 0 Å². The van der Waals surface area contributed by atoms with E-state index in [0.29, 0.717) is 6.42 Å². The van der Waals surface area contributed by atoms with Crippen LogP contribution in [0.4, 0.5) is 0 Å². The van der Waals surface area contributed by atoms with E-state index in [2.05, 4.69) is 21.0 Å². The van der Waals surface area contributed by atoms with Crippen molar-refractivity contribution >= 4 is 27.5 Å². The van der Waals surface area contributed by atoms with Crippen LogP contribution in [0, 0.1) is 0 Å². The molecule has 0 aromatic heterocycles. The Bertz CT molecular complexity index is 473. The van der Waals surface area contributed by atoms with Crippen molar-refractivity contribution < 1.29 is 9.90 Å². The number of nitrogens with zero attached hydrogens (tertiary/aromatic N) is 2. The molecule has 1 atom stereocenters. The monoisotopic (exact) mass is 296 g/mol. The van der Waals surface area contributed by atoms with Crippen LogP contribution in [0.15, 0.2) is 29.4 Å². The van der Waals surface area contributed by atoms with Crippen LogP contribution in [0.5, 0.6) is 5.75 Å². The van der Waals surface area contributed by atoms with Crippen molar-refractivity contribution in [1.82, 2.24) is 5.01 Å². The molecule has 5 heteroatoms. The van der Waals surface area contributed by atoms with E-state index >= 15 is 0 Å². The summed E-state index contributed by atoms with van der Waals surface area (Å²) in [5.41, 5.74) is 1.63. The van der Waals surface area contributed by atoms with E-state index in [1.807, 2.05) is 19.1 Å². The second-order valence-electron chi connectivity index (χ2n) is 3.99. The van der Waals surface area contributed by atoms with Crippen LogP contribution in [-0.2, 0) is 4.79 Å². The summed E-state index contributed by atoms with van der Waals surface area (Å²) in [5.74, 6) is 0.102. The first-order valence-corrected chi connectivity index (χ1v) is 6.45. The lowest BCUT2D eigenvalue weighted by Crippen LogP contribution is -2.27. The van der Waals surface area contributed by atoms with Gasteiger partial charge in [-0.15, -0.1) is 0 Å². The molecule has 1 aliphatic heterocycles. The Morgan fingerprint density at radius 1 is 1.59 bits per heavy atom. The first-order valence-electron chi connectivity index (χ1n) is 5.33. The number of phenolic OH excluding ortho intramolecular Hbond substituents is 1. The van der Waals surface area contributed by atoms with Crippen molar-refractivity contribution in [1.29, 1.82) is 0 Å². The molecule has 0 bridgehead atoms. The molecule has 4 nitrogen and oxygen atoms in total. The van der Waals surface area contributed by atoms with Gasteiger partial charge in [-0.1, -0.05) is 34.1 Å². The molecule has 0 saturated heterocycles. The van der Waals surface area contributed by atoms with Crippen LogP contribution in [0.1, 0.15) is 24.9 Å². The molecule has 2 rings (SSSR count). The average molecular weight is 297 g/mol. The Morgan fingerprint density at radius 2 is 2.29 bits per heavy atom. The average Bonchev–Trinajstić information content (AvgIpc) is 2.71. The Labute approximate surface area is 108 Å². The van der Waals surface area contributed by atoms with Crippen molar-refractivity contribution in [2.45, 2.75) is 19.4 Å². The Hall–Kier alpha value is -1.36. The first-order chi connectivity index (χ1) is 8.13. The number of carbonyl (C=O) groups excluding carboxylic acids is 1. The molecule has 1 unspecified atom stereocenters. The Balaban J connectivity index is 2.33. The summed E-state index contributed by atoms with van der Waals surface area (Å²) in [6.07, 6.45) is 0.663. The SMILES string of the molecule is CC1=NN(C(=O)CBr)C(c2ccccc2O)C1. The van der Waals surface area contributed by atoms with E-state index in [9.17, 15) is 9.90 Å². The van der Waals surface area contributed by atoms with Gasteiger partial charge in [-0.25, -0.2) is 5.01 Å². The van der Waals surface area contributed by atoms with E-state index in [-0.39, 0.29) is 23.0 Å². The second-order valence-corrected chi connectivity index (χ2v) is 4.55. The number of rotatable bonds is 2. The predicted molar refractivity (Wildman–Crippen MR) is 69.2 cm³/mol. The molecular formula is C12H13BrN2O2. The lowest BCUT2D eigenvalue weighted by atomic mass is 10.0. The molecule has 1 aliphatic rings. The fourth-order valence-corrected chi connectivity index (χ4v) is 2.22. The normalized spacial score (nSPS) is 19.3. The molecule has 0 fully saturated rings. The Morgan fingerprint density at radius 3 is 2.94 bits per heavy atom. The molecule has 0 aliphatic carbocycles. The van der Waals surface area contributed by atoms with Crippen molar-refractivity contribution in [2.75, 3.05) is 5.33 Å². The fraction of sp³-hybridized carbons (Fsp3) is 0.333. The standard InChI is InChI=1S/C12H13BrN2O2/c1-8-6-10(15(14-8)12(17)7-13)9-4-2-3-5-11(9)16/h2-5,10,16H,6-7H2,1H3. The van der Waals surface area contributed by atoms with Crippen LogP contribution in [0.3, 0.4) is 0 Å². The van der Waals surface area contributed by atoms with Gasteiger partial charge in [0.15, 0.2) is 0 Å². The third-order valence-corrected chi connectivity index (χ3v) is 3.21. The number of halogens is 1. The minimum atomic E-state index is -0.193. The van der Waals surface area contributed by atoms with Crippen LogP contribution in [-0.4, -0.2) is 27.1 Å². The van der Waals surface area contributed by atoms with Gasteiger partial charge in [0.2, 0.25) is 0 Å². The third kappa shape index (κ3) is 2.34. The molecule has 1 heterocycles. The van der Waals surface area contributed by atoms with Crippen LogP contribution >= 0.6 is 15.9 Å². The highest BCUT2D eigenvalue weighted by Crippen LogP contribution is 2.35. The van der Waals surface area contributed by atoms with Gasteiger partial charge >= 0.3 is 0 Å². The minimum absolute atomic E-state index is 0.102. The summed E-state index contributed by atoms with van der Waals surface area (Å²) >= 11 is 3.14. The number of hydrazone groups is 1. The van der Waals surface area contributed by atoms with E-state index in [0.717, 1.165) is 11.3 Å². The molecule has 0 spiro atoms. The van der Waals surface area contributed by atoms with Crippen LogP contribution in [0.2, 0.25) is 0 Å². The summed E-state index contributed by atoms with van der Waals surface area (Å²) in [4.78, 5) is 11.7. The topological polar surface area (TPSA) is 52.9 Å². The zero-order valence-corrected chi connectivity index (χ0v) is 11.0. The van der Waals surface area contributed by atoms with Gasteiger partial charge in [-0.05, 0) is 13.0 Å². The fourth-order valence-electron chi connectivity index (χ4n) is 1.96. The summed E-state index contributed by atoms with van der Waals surface area (Å²) in [6, 6.07) is 6.86. The number of benzene rings is 1. The number of para-hydroxylation sites is 1. The molecule has 0 saturated carbocycles. The van der Waals surface area contributed by atoms with Crippen LogP contribution in [0.25, 0.3) is 0 Å². The number of amides is 1. The number of aromatic hydroxyl groups is 1. The maximum Gasteiger partial charge on any atom is 0.253 e. The third-order valence-electron chi connectivity index (χ3n) is 2.73. The Kier molecular flexibility index (Phi) is 3.47. The number of hydrogen-bond acceptors (Lipinski definition) is 3. The maximum absolute atomic E-state index is 11.7. The highest BCUT2D eigenvalue weighted by atomic mass is 79.9. The van der Waals surface area contributed by atoms with E-state index in [4.69, 9.17) is 0 Å². The van der Waals surface area contributed by atoms with Gasteiger partial charge in [0, 0.05) is 17.7 Å². The minimum Gasteiger partial charge on any atom is -0.508 e. The lowest BCUT2D eigenvalue weighted by molar-refractivity contribution is -0.130. The van der Waals surface area contributed by atoms with Gasteiger partial charge < -0.3 is 5.11 Å². The molecule has 1 aromatic carbocycles. The highest BCUT2D eigenvalue weighted by molar-refractivity contribution is 9.09. The molecule has 1 aromatic rings. The molecular weight excluding hydrogens is 284 g/mol. The van der Waals surface area contributed by atoms with Crippen molar-refractivity contribution in [3.05, 3.63) is 29.8 Å². The summed E-state index contributed by atoms with van der Waals surface area (Å²) in [5, 5.41) is 15.7.